The van der Waals surface area contributed by atoms with Crippen LogP contribution in [0.15, 0.2) is 18.2 Å². The number of halogens is 3. The number of hydrogen-bond donors (Lipinski definition) is 1. The number of rotatable bonds is 3. The monoisotopic (exact) mass is 275 g/mol. The lowest BCUT2D eigenvalue weighted by Crippen LogP contribution is -2.35. The van der Waals surface area contributed by atoms with Gasteiger partial charge in [0.15, 0.2) is 0 Å². The highest BCUT2D eigenvalue weighted by atomic mass is 35.5. The predicted molar refractivity (Wildman–Crippen MR) is 70.7 cm³/mol. The van der Waals surface area contributed by atoms with Gasteiger partial charge >= 0.3 is 0 Å². The second kappa shape index (κ2) is 6.03. The highest BCUT2D eigenvalue weighted by molar-refractivity contribution is 6.35. The topological polar surface area (TPSA) is 12.0 Å². The van der Waals surface area contributed by atoms with Gasteiger partial charge in [0, 0.05) is 28.9 Å². The quantitative estimate of drug-likeness (QED) is 0.883. The third-order valence-electron chi connectivity index (χ3n) is 3.31. The van der Waals surface area contributed by atoms with E-state index in [1.807, 2.05) is 0 Å². The van der Waals surface area contributed by atoms with Gasteiger partial charge in [0.25, 0.3) is 0 Å². The molecule has 1 aromatic rings. The van der Waals surface area contributed by atoms with Gasteiger partial charge in [-0.1, -0.05) is 29.3 Å². The van der Waals surface area contributed by atoms with E-state index in [-0.39, 0.29) is 5.92 Å². The van der Waals surface area contributed by atoms with Gasteiger partial charge in [0.05, 0.1) is 0 Å². The van der Waals surface area contributed by atoms with E-state index in [0.29, 0.717) is 16.5 Å². The third-order valence-corrected chi connectivity index (χ3v) is 4.02. The lowest BCUT2D eigenvalue weighted by Gasteiger charge is -2.26. The molecular formula is C13H16Cl2FN. The van der Waals surface area contributed by atoms with Crippen molar-refractivity contribution in [1.82, 2.24) is 5.32 Å². The first-order valence-corrected chi connectivity index (χ1v) is 6.71. The molecule has 0 aromatic heterocycles. The van der Waals surface area contributed by atoms with E-state index >= 15 is 0 Å². The maximum absolute atomic E-state index is 14.2. The Morgan fingerprint density at radius 2 is 2.06 bits per heavy atom. The van der Waals surface area contributed by atoms with E-state index in [2.05, 4.69) is 5.32 Å². The van der Waals surface area contributed by atoms with Crippen molar-refractivity contribution >= 4 is 23.2 Å². The molecule has 0 saturated carbocycles. The molecule has 1 fully saturated rings. The molecule has 2 unspecified atom stereocenters. The zero-order chi connectivity index (χ0) is 12.3. The maximum atomic E-state index is 14.2. The highest BCUT2D eigenvalue weighted by Gasteiger charge is 2.24. The molecule has 1 aliphatic heterocycles. The van der Waals surface area contributed by atoms with E-state index in [1.54, 1.807) is 18.2 Å². The molecule has 1 N–H and O–H groups in total. The minimum Gasteiger partial charge on any atom is -0.316 e. The van der Waals surface area contributed by atoms with Crippen LogP contribution in [-0.2, 0) is 6.42 Å². The maximum Gasteiger partial charge on any atom is 0.108 e. The summed E-state index contributed by atoms with van der Waals surface area (Å²) >= 11 is 12.1. The fourth-order valence-corrected chi connectivity index (χ4v) is 2.83. The Labute approximate surface area is 111 Å². The number of piperidine rings is 1. The van der Waals surface area contributed by atoms with E-state index in [9.17, 15) is 4.39 Å². The van der Waals surface area contributed by atoms with Gasteiger partial charge in [-0.25, -0.2) is 4.39 Å². The molecule has 17 heavy (non-hydrogen) atoms. The summed E-state index contributed by atoms with van der Waals surface area (Å²) in [7, 11) is 0. The van der Waals surface area contributed by atoms with Crippen LogP contribution >= 0.6 is 23.2 Å². The molecule has 0 amide bonds. The number of nitrogens with one attached hydrogen (secondary N) is 1. The zero-order valence-electron chi connectivity index (χ0n) is 9.56. The Hall–Kier alpha value is -0.310. The molecule has 1 nitrogen and oxygen atoms in total. The van der Waals surface area contributed by atoms with Gasteiger partial charge < -0.3 is 5.32 Å². The van der Waals surface area contributed by atoms with Crippen LogP contribution in [0.3, 0.4) is 0 Å². The summed E-state index contributed by atoms with van der Waals surface area (Å²) in [6.07, 6.45) is 1.42. The molecule has 1 aliphatic rings. The first-order valence-electron chi connectivity index (χ1n) is 5.96. The smallest absolute Gasteiger partial charge is 0.108 e. The van der Waals surface area contributed by atoms with Crippen LogP contribution in [-0.4, -0.2) is 19.3 Å². The van der Waals surface area contributed by atoms with Gasteiger partial charge in [0.1, 0.15) is 6.17 Å². The van der Waals surface area contributed by atoms with Gasteiger partial charge in [-0.2, -0.15) is 0 Å². The van der Waals surface area contributed by atoms with Crippen molar-refractivity contribution in [2.24, 2.45) is 5.92 Å². The third kappa shape index (κ3) is 3.34. The molecule has 0 aliphatic carbocycles. The van der Waals surface area contributed by atoms with Crippen molar-refractivity contribution in [1.29, 1.82) is 0 Å². The van der Waals surface area contributed by atoms with Crippen LogP contribution in [0.2, 0.25) is 10.0 Å². The fourth-order valence-electron chi connectivity index (χ4n) is 2.28. The first-order chi connectivity index (χ1) is 8.18. The minimum atomic E-state index is -0.875. The fraction of sp³-hybridized carbons (Fsp3) is 0.538. The Balaban J connectivity index is 2.04. The van der Waals surface area contributed by atoms with Gasteiger partial charge in [-0.15, -0.1) is 0 Å². The lowest BCUT2D eigenvalue weighted by atomic mass is 9.91. The normalized spacial score (nSPS) is 22.4. The zero-order valence-corrected chi connectivity index (χ0v) is 11.1. The van der Waals surface area contributed by atoms with E-state index in [0.717, 1.165) is 31.5 Å². The largest absolute Gasteiger partial charge is 0.316 e. The molecule has 4 heteroatoms. The number of hydrogen-bond acceptors (Lipinski definition) is 1. The Morgan fingerprint density at radius 1 is 1.35 bits per heavy atom. The molecule has 0 bridgehead atoms. The van der Waals surface area contributed by atoms with Crippen molar-refractivity contribution in [2.75, 3.05) is 13.1 Å². The minimum absolute atomic E-state index is 0.0797. The average Bonchev–Trinajstić information content (AvgIpc) is 2.35. The molecular weight excluding hydrogens is 260 g/mol. The molecule has 1 heterocycles. The summed E-state index contributed by atoms with van der Waals surface area (Å²) < 4.78 is 14.2. The van der Waals surface area contributed by atoms with Crippen molar-refractivity contribution in [3.8, 4) is 0 Å². The van der Waals surface area contributed by atoms with E-state index < -0.39 is 6.17 Å². The van der Waals surface area contributed by atoms with Crippen molar-refractivity contribution in [3.63, 3.8) is 0 Å². The van der Waals surface area contributed by atoms with Gasteiger partial charge in [-0.3, -0.25) is 0 Å². The standard InChI is InChI=1S/C13H16Cl2FN/c14-11-4-1-5-12(15)10(11)7-13(16)9-3-2-6-17-8-9/h1,4-5,9,13,17H,2-3,6-8H2. The highest BCUT2D eigenvalue weighted by Crippen LogP contribution is 2.29. The van der Waals surface area contributed by atoms with Crippen molar-refractivity contribution in [3.05, 3.63) is 33.8 Å². The number of alkyl halides is 1. The summed E-state index contributed by atoms with van der Waals surface area (Å²) in [5.41, 5.74) is 0.730. The Bertz CT molecular complexity index is 357. The van der Waals surface area contributed by atoms with Crippen LogP contribution in [0, 0.1) is 5.92 Å². The second-order valence-electron chi connectivity index (χ2n) is 4.53. The molecule has 94 valence electrons. The molecule has 0 spiro atoms. The van der Waals surface area contributed by atoms with E-state index in [1.165, 1.54) is 0 Å². The van der Waals surface area contributed by atoms with Crippen LogP contribution in [0.4, 0.5) is 4.39 Å². The number of benzene rings is 1. The summed E-state index contributed by atoms with van der Waals surface area (Å²) in [4.78, 5) is 0. The second-order valence-corrected chi connectivity index (χ2v) is 5.34. The van der Waals surface area contributed by atoms with Crippen molar-refractivity contribution < 1.29 is 4.39 Å². The summed E-state index contributed by atoms with van der Waals surface area (Å²) in [6, 6.07) is 5.30. The average molecular weight is 276 g/mol. The lowest BCUT2D eigenvalue weighted by molar-refractivity contribution is 0.191. The predicted octanol–water partition coefficient (Wildman–Crippen LogP) is 3.87. The van der Waals surface area contributed by atoms with E-state index in [4.69, 9.17) is 23.2 Å². The van der Waals surface area contributed by atoms with Gasteiger partial charge in [-0.05, 0) is 37.1 Å². The van der Waals surface area contributed by atoms with Crippen LogP contribution in [0.5, 0.6) is 0 Å². The summed E-state index contributed by atoms with van der Waals surface area (Å²) in [6.45, 7) is 1.75. The van der Waals surface area contributed by atoms with Crippen LogP contribution in [0.1, 0.15) is 18.4 Å². The SMILES string of the molecule is FC(Cc1c(Cl)cccc1Cl)C1CCCNC1. The van der Waals surface area contributed by atoms with Crippen LogP contribution < -0.4 is 5.32 Å². The molecule has 2 rings (SSSR count). The molecule has 1 aromatic carbocycles. The Kier molecular flexibility index (Phi) is 4.66. The first kappa shape index (κ1) is 13.1. The van der Waals surface area contributed by atoms with Crippen molar-refractivity contribution in [2.45, 2.75) is 25.4 Å². The van der Waals surface area contributed by atoms with Gasteiger partial charge in [0.2, 0.25) is 0 Å². The van der Waals surface area contributed by atoms with Crippen LogP contribution in [0.25, 0.3) is 0 Å². The molecule has 2 atom stereocenters. The summed E-state index contributed by atoms with van der Waals surface area (Å²) in [5, 5.41) is 4.34. The summed E-state index contributed by atoms with van der Waals surface area (Å²) in [5.74, 6) is 0.0797. The molecule has 0 radical (unpaired) electrons. The Morgan fingerprint density at radius 3 is 2.65 bits per heavy atom. The molecule has 1 saturated heterocycles.